The fourth-order valence-corrected chi connectivity index (χ4v) is 3.28. The molecule has 1 aliphatic rings. The van der Waals surface area contributed by atoms with Gasteiger partial charge in [0.25, 0.3) is 0 Å². The average Bonchev–Trinajstić information content (AvgIpc) is 3.46. The lowest BCUT2D eigenvalue weighted by Crippen LogP contribution is -2.45. The van der Waals surface area contributed by atoms with Crippen molar-refractivity contribution in [3.63, 3.8) is 0 Å². The largest absolute Gasteiger partial charge is 0.480 e. The summed E-state index contributed by atoms with van der Waals surface area (Å²) in [4.78, 5) is 27.8. The molecule has 1 amide bonds. The number of hydrogen-bond acceptors (Lipinski definition) is 4. The van der Waals surface area contributed by atoms with Crippen LogP contribution in [0.1, 0.15) is 42.1 Å². The quantitative estimate of drug-likeness (QED) is 0.654. The summed E-state index contributed by atoms with van der Waals surface area (Å²) >= 11 is 0. The molecule has 6 nitrogen and oxygen atoms in total. The van der Waals surface area contributed by atoms with E-state index >= 15 is 0 Å². The molecule has 1 aliphatic carbocycles. The fraction of sp³-hybridized carbons (Fsp3) is 0.350. The molecule has 3 N–H and O–H groups in total. The van der Waals surface area contributed by atoms with Gasteiger partial charge in [-0.3, -0.25) is 9.78 Å². The molecule has 2 aromatic rings. The van der Waals surface area contributed by atoms with Crippen molar-refractivity contribution in [3.05, 3.63) is 65.5 Å². The van der Waals surface area contributed by atoms with Gasteiger partial charge in [0.2, 0.25) is 5.91 Å². The SMILES string of the molecule is O=C(CC1(c2ccc(C(F)(F)F)cc2)CC1)NC(C(=O)O)C(O)c1cccnc1. The molecule has 9 heteroatoms. The Morgan fingerprint density at radius 1 is 1.17 bits per heavy atom. The van der Waals surface area contributed by atoms with Crippen molar-refractivity contribution < 1.29 is 33.0 Å². The molecule has 0 spiro atoms. The Morgan fingerprint density at radius 2 is 1.83 bits per heavy atom. The molecule has 29 heavy (non-hydrogen) atoms. The lowest BCUT2D eigenvalue weighted by Gasteiger charge is -2.22. The molecule has 0 aliphatic heterocycles. The minimum Gasteiger partial charge on any atom is -0.480 e. The number of rotatable bonds is 7. The highest BCUT2D eigenvalue weighted by Crippen LogP contribution is 2.51. The number of nitrogens with one attached hydrogen (secondary N) is 1. The van der Waals surface area contributed by atoms with Gasteiger partial charge >= 0.3 is 12.1 Å². The number of aliphatic hydroxyl groups excluding tert-OH is 1. The maximum Gasteiger partial charge on any atom is 0.416 e. The van der Waals surface area contributed by atoms with Crippen molar-refractivity contribution in [2.45, 2.75) is 43.0 Å². The van der Waals surface area contributed by atoms with E-state index in [1.54, 1.807) is 0 Å². The van der Waals surface area contributed by atoms with Crippen molar-refractivity contribution >= 4 is 11.9 Å². The van der Waals surface area contributed by atoms with Gasteiger partial charge in [-0.05, 0) is 36.6 Å². The Labute approximate surface area is 164 Å². The zero-order valence-corrected chi connectivity index (χ0v) is 15.2. The van der Waals surface area contributed by atoms with E-state index in [1.165, 1.54) is 36.7 Å². The maximum atomic E-state index is 12.7. The monoisotopic (exact) mass is 408 g/mol. The highest BCUT2D eigenvalue weighted by atomic mass is 19.4. The first-order valence-electron chi connectivity index (χ1n) is 8.90. The highest BCUT2D eigenvalue weighted by Gasteiger charge is 2.46. The molecule has 1 aromatic carbocycles. The van der Waals surface area contributed by atoms with Crippen LogP contribution in [0.5, 0.6) is 0 Å². The molecule has 1 fully saturated rings. The number of pyridine rings is 1. The predicted octanol–water partition coefficient (Wildman–Crippen LogP) is 2.83. The van der Waals surface area contributed by atoms with Gasteiger partial charge < -0.3 is 15.5 Å². The van der Waals surface area contributed by atoms with Crippen molar-refractivity contribution in [3.8, 4) is 0 Å². The summed E-state index contributed by atoms with van der Waals surface area (Å²) in [6, 6.07) is 6.09. The van der Waals surface area contributed by atoms with Crippen LogP contribution in [-0.2, 0) is 21.2 Å². The summed E-state index contributed by atoms with van der Waals surface area (Å²) in [5.74, 6) is -2.01. The number of alkyl halides is 3. The van der Waals surface area contributed by atoms with Gasteiger partial charge in [0.1, 0.15) is 6.10 Å². The van der Waals surface area contributed by atoms with E-state index in [-0.39, 0.29) is 12.0 Å². The van der Waals surface area contributed by atoms with Gasteiger partial charge in [-0.15, -0.1) is 0 Å². The van der Waals surface area contributed by atoms with Crippen molar-refractivity contribution in [1.82, 2.24) is 10.3 Å². The van der Waals surface area contributed by atoms with Crippen LogP contribution >= 0.6 is 0 Å². The van der Waals surface area contributed by atoms with E-state index < -0.39 is 41.2 Å². The second-order valence-corrected chi connectivity index (χ2v) is 7.15. The van der Waals surface area contributed by atoms with Crippen LogP contribution in [-0.4, -0.2) is 33.1 Å². The molecular formula is C20H19F3N2O4. The van der Waals surface area contributed by atoms with Gasteiger partial charge in [-0.2, -0.15) is 13.2 Å². The summed E-state index contributed by atoms with van der Waals surface area (Å²) in [6.45, 7) is 0. The molecule has 1 aromatic heterocycles. The Morgan fingerprint density at radius 3 is 2.31 bits per heavy atom. The van der Waals surface area contributed by atoms with E-state index in [9.17, 15) is 33.0 Å². The normalized spacial score (nSPS) is 17.2. The molecule has 0 bridgehead atoms. The molecule has 154 valence electrons. The molecular weight excluding hydrogens is 389 g/mol. The molecule has 1 heterocycles. The van der Waals surface area contributed by atoms with Crippen molar-refractivity contribution in [1.29, 1.82) is 0 Å². The first-order chi connectivity index (χ1) is 13.6. The minimum absolute atomic E-state index is 0.0814. The summed E-state index contributed by atoms with van der Waals surface area (Å²) < 4.78 is 38.2. The molecule has 0 saturated heterocycles. The zero-order chi connectivity index (χ0) is 21.2. The van der Waals surface area contributed by atoms with E-state index in [0.29, 0.717) is 18.4 Å². The van der Waals surface area contributed by atoms with E-state index in [2.05, 4.69) is 10.3 Å². The van der Waals surface area contributed by atoms with Crippen LogP contribution in [0.2, 0.25) is 0 Å². The highest BCUT2D eigenvalue weighted by molar-refractivity contribution is 5.85. The number of carbonyl (C=O) groups excluding carboxylic acids is 1. The number of carboxylic acids is 1. The third-order valence-electron chi connectivity index (χ3n) is 5.10. The second kappa shape index (κ2) is 7.82. The van der Waals surface area contributed by atoms with E-state index in [4.69, 9.17) is 0 Å². The number of halogens is 3. The smallest absolute Gasteiger partial charge is 0.416 e. The molecule has 1 saturated carbocycles. The predicted molar refractivity (Wildman–Crippen MR) is 95.7 cm³/mol. The Bertz CT molecular complexity index is 881. The maximum absolute atomic E-state index is 12.7. The van der Waals surface area contributed by atoms with Crippen LogP contribution in [0, 0.1) is 0 Å². The van der Waals surface area contributed by atoms with Crippen LogP contribution in [0.4, 0.5) is 13.2 Å². The van der Waals surface area contributed by atoms with E-state index in [1.807, 2.05) is 0 Å². The first-order valence-corrected chi connectivity index (χ1v) is 8.90. The minimum atomic E-state index is -4.44. The van der Waals surface area contributed by atoms with Gasteiger partial charge in [0.05, 0.1) is 5.56 Å². The Hall–Kier alpha value is -2.94. The molecule has 2 unspecified atom stereocenters. The lowest BCUT2D eigenvalue weighted by atomic mass is 9.91. The van der Waals surface area contributed by atoms with Gasteiger partial charge in [-0.25, -0.2) is 4.79 Å². The number of carbonyl (C=O) groups is 2. The second-order valence-electron chi connectivity index (χ2n) is 7.15. The first kappa shape index (κ1) is 20.8. The standard InChI is InChI=1S/C20H19F3N2O4/c21-20(22,23)14-5-3-13(4-6-14)19(7-8-19)10-15(26)25-16(18(28)29)17(27)12-2-1-9-24-11-12/h1-6,9,11,16-17,27H,7-8,10H2,(H,25,26)(H,28,29). The van der Waals surface area contributed by atoms with Gasteiger partial charge in [-0.1, -0.05) is 18.2 Å². The lowest BCUT2D eigenvalue weighted by molar-refractivity contribution is -0.145. The number of hydrogen-bond donors (Lipinski definition) is 3. The van der Waals surface area contributed by atoms with Crippen molar-refractivity contribution in [2.24, 2.45) is 0 Å². The van der Waals surface area contributed by atoms with Crippen molar-refractivity contribution in [2.75, 3.05) is 0 Å². The van der Waals surface area contributed by atoms with Crippen LogP contribution in [0.3, 0.4) is 0 Å². The van der Waals surface area contributed by atoms with E-state index in [0.717, 1.165) is 12.1 Å². The number of nitrogens with zero attached hydrogens (tertiary/aromatic N) is 1. The Kier molecular flexibility index (Phi) is 5.61. The average molecular weight is 408 g/mol. The number of aliphatic carboxylic acids is 1. The number of amides is 1. The van der Waals surface area contributed by atoms with Crippen LogP contribution in [0.15, 0.2) is 48.8 Å². The third kappa shape index (κ3) is 4.73. The molecule has 0 radical (unpaired) electrons. The van der Waals surface area contributed by atoms with Gasteiger partial charge in [0.15, 0.2) is 6.04 Å². The topological polar surface area (TPSA) is 99.5 Å². The Balaban J connectivity index is 1.69. The fourth-order valence-electron chi connectivity index (χ4n) is 3.28. The van der Waals surface area contributed by atoms with Crippen LogP contribution in [0.25, 0.3) is 0 Å². The number of benzene rings is 1. The molecule has 3 rings (SSSR count). The summed E-state index contributed by atoms with van der Waals surface area (Å²) in [5, 5.41) is 22.0. The molecule has 2 atom stereocenters. The zero-order valence-electron chi connectivity index (χ0n) is 15.2. The number of carboxylic acid groups (broad SMARTS) is 1. The number of aliphatic hydroxyl groups is 1. The summed E-state index contributed by atoms with van der Waals surface area (Å²) in [6.07, 6.45) is -2.04. The van der Waals surface area contributed by atoms with Crippen LogP contribution < -0.4 is 5.32 Å². The summed E-state index contributed by atoms with van der Waals surface area (Å²) in [7, 11) is 0. The summed E-state index contributed by atoms with van der Waals surface area (Å²) in [5.41, 5.74) is -0.548. The number of aromatic nitrogens is 1. The third-order valence-corrected chi connectivity index (χ3v) is 5.10. The van der Waals surface area contributed by atoms with Gasteiger partial charge in [0, 0.05) is 29.8 Å².